The van der Waals surface area contributed by atoms with Gasteiger partial charge in [-0.3, -0.25) is 4.18 Å². The highest BCUT2D eigenvalue weighted by molar-refractivity contribution is 7.80. The van der Waals surface area contributed by atoms with Gasteiger partial charge in [-0.1, -0.05) is 0 Å². The number of alkyl halides is 11. The summed E-state index contributed by atoms with van der Waals surface area (Å²) >= 11 is 0. The van der Waals surface area contributed by atoms with Crippen LogP contribution >= 0.6 is 0 Å². The topological polar surface area (TPSA) is 66.4 Å². The van der Waals surface area contributed by atoms with Crippen LogP contribution in [-0.4, -0.2) is 55.4 Å². The lowest BCUT2D eigenvalue weighted by atomic mass is 9.86. The molecule has 0 aliphatic rings. The lowest BCUT2D eigenvalue weighted by Crippen LogP contribution is -2.69. The highest BCUT2D eigenvalue weighted by Crippen LogP contribution is 2.57. The summed E-state index contributed by atoms with van der Waals surface area (Å²) in [5.74, 6) is -27.4. The Morgan fingerprint density at radius 1 is 0.917 bits per heavy atom. The minimum absolute atomic E-state index is 1.08. The van der Waals surface area contributed by atoms with Crippen LogP contribution in [-0.2, 0) is 14.6 Å². The molecule has 0 aromatic heterocycles. The molecule has 0 heterocycles. The first-order chi connectivity index (χ1) is 10.2. The average Bonchev–Trinajstić information content (AvgIpc) is 2.34. The van der Waals surface area contributed by atoms with Gasteiger partial charge in [0, 0.05) is 0 Å². The van der Waals surface area contributed by atoms with E-state index in [0.717, 1.165) is 0 Å². The average molecular weight is 407 g/mol. The molecule has 24 heavy (non-hydrogen) atoms. The summed E-state index contributed by atoms with van der Waals surface area (Å²) in [6, 6.07) is 0. The van der Waals surface area contributed by atoms with Gasteiger partial charge in [-0.2, -0.15) is 26.3 Å². The van der Waals surface area contributed by atoms with Gasteiger partial charge in [0.15, 0.2) is 0 Å². The van der Waals surface area contributed by atoms with E-state index in [1.54, 1.807) is 0 Å². The second kappa shape index (κ2) is 6.12. The maximum absolute atomic E-state index is 13.6. The van der Waals surface area contributed by atoms with Crippen molar-refractivity contribution in [1.82, 2.24) is 0 Å². The van der Waals surface area contributed by atoms with E-state index >= 15 is 0 Å². The zero-order valence-electron chi connectivity index (χ0n) is 11.0. The first kappa shape index (κ1) is 23.1. The van der Waals surface area contributed by atoms with E-state index in [1.165, 1.54) is 0 Å². The van der Waals surface area contributed by atoms with Crippen molar-refractivity contribution < 1.29 is 65.4 Å². The Morgan fingerprint density at radius 3 is 1.58 bits per heavy atom. The normalized spacial score (nSPS) is 17.9. The molecule has 0 saturated heterocycles. The van der Waals surface area contributed by atoms with E-state index in [1.807, 2.05) is 0 Å². The van der Waals surface area contributed by atoms with Gasteiger partial charge >= 0.3 is 30.1 Å². The van der Waals surface area contributed by atoms with Crippen molar-refractivity contribution in [2.75, 3.05) is 6.61 Å². The van der Waals surface area contributed by atoms with E-state index < -0.39 is 59.7 Å². The fourth-order valence-electron chi connectivity index (χ4n) is 1.15. The summed E-state index contributed by atoms with van der Waals surface area (Å²) in [6.45, 7) is -4.15. The molecule has 146 valence electrons. The molecule has 0 radical (unpaired) electrons. The van der Waals surface area contributed by atoms with Gasteiger partial charge in [0.1, 0.15) is 6.61 Å². The van der Waals surface area contributed by atoms with Crippen LogP contribution < -0.4 is 0 Å². The van der Waals surface area contributed by atoms with Gasteiger partial charge in [-0.15, -0.1) is 0 Å². The zero-order valence-corrected chi connectivity index (χ0v) is 11.8. The molecule has 0 aromatic carbocycles. The second-order valence-electron chi connectivity index (χ2n) is 4.45. The van der Waals surface area contributed by atoms with Crippen LogP contribution in [0.5, 0.6) is 0 Å². The van der Waals surface area contributed by atoms with Crippen LogP contribution in [0.3, 0.4) is 0 Å². The molecule has 0 rings (SSSR count). The van der Waals surface area contributed by atoms with Crippen LogP contribution in [0, 0.1) is 0 Å². The minimum atomic E-state index is -7.32. The predicted molar refractivity (Wildman–Crippen MR) is 51.0 cm³/mol. The third-order valence-electron chi connectivity index (χ3n) is 2.75. The number of hydrogen-bond donors (Lipinski definition) is 0. The van der Waals surface area contributed by atoms with Crippen LogP contribution in [0.4, 0.5) is 48.3 Å². The Labute approximate surface area is 126 Å². The Hall–Kier alpha value is -0.900. The summed E-state index contributed by atoms with van der Waals surface area (Å²) in [6.07, 6.45) is -5.49. The summed E-state index contributed by atoms with van der Waals surface area (Å²) in [4.78, 5) is 0. The molecule has 0 fully saturated rings. The summed E-state index contributed by atoms with van der Waals surface area (Å²) in [5, 5.41) is 0. The molecule has 16 heteroatoms. The molecule has 0 aromatic rings. The molecule has 0 amide bonds. The summed E-state index contributed by atoms with van der Waals surface area (Å²) < 4.78 is 174. The Bertz CT molecular complexity index is 556. The third-order valence-corrected chi connectivity index (χ3v) is 3.15. The molecule has 0 spiro atoms. The van der Waals surface area contributed by atoms with Crippen molar-refractivity contribution in [2.45, 2.75) is 42.7 Å². The van der Waals surface area contributed by atoms with Gasteiger partial charge in [0.2, 0.25) is 16.1 Å². The van der Waals surface area contributed by atoms with Crippen LogP contribution in [0.2, 0.25) is 0 Å². The van der Waals surface area contributed by atoms with Gasteiger partial charge < -0.3 is 4.55 Å². The predicted octanol–water partition coefficient (Wildman–Crippen LogP) is 3.00. The highest BCUT2D eigenvalue weighted by atomic mass is 32.3. The lowest BCUT2D eigenvalue weighted by Gasteiger charge is -2.41. The molecule has 0 bridgehead atoms. The lowest BCUT2D eigenvalue weighted by molar-refractivity contribution is -0.385. The number of rotatable bonds is 8. The van der Waals surface area contributed by atoms with Gasteiger partial charge in [0.05, 0.1) is 0 Å². The maximum atomic E-state index is 13.6. The molecule has 0 N–H and O–H groups in total. The highest BCUT2D eigenvalue weighted by Gasteiger charge is 2.84. The minimum Gasteiger partial charge on any atom is -0.726 e. The zero-order chi connectivity index (χ0) is 20.0. The Balaban J connectivity index is 5.98. The SMILES string of the molecule is CC(F)(C(F)(F)COS(=O)(=O)[O-])C(F)(F)C(F)(F)C(F)(F)C(F)F. The van der Waals surface area contributed by atoms with Crippen LogP contribution in [0.25, 0.3) is 0 Å². The monoisotopic (exact) mass is 407 g/mol. The molecule has 0 saturated carbocycles. The van der Waals surface area contributed by atoms with Crippen LogP contribution in [0.15, 0.2) is 0 Å². The van der Waals surface area contributed by atoms with Crippen molar-refractivity contribution in [3.63, 3.8) is 0 Å². The van der Waals surface area contributed by atoms with Gasteiger partial charge in [-0.25, -0.2) is 30.4 Å². The first-order valence-corrected chi connectivity index (χ1v) is 6.57. The van der Waals surface area contributed by atoms with Gasteiger partial charge in [0.25, 0.3) is 0 Å². The van der Waals surface area contributed by atoms with Crippen molar-refractivity contribution in [2.24, 2.45) is 0 Å². The summed E-state index contributed by atoms with van der Waals surface area (Å²) in [7, 11) is -6.04. The molecular weight excluding hydrogens is 401 g/mol. The molecule has 0 aliphatic carbocycles. The molecule has 0 aliphatic heterocycles. The molecule has 1 unspecified atom stereocenters. The number of halogens is 11. The Morgan fingerprint density at radius 2 is 1.29 bits per heavy atom. The largest absolute Gasteiger partial charge is 0.726 e. The molecule has 4 nitrogen and oxygen atoms in total. The molecular formula is C8H6F11O4S-. The van der Waals surface area contributed by atoms with Crippen molar-refractivity contribution >= 4 is 10.4 Å². The fraction of sp³-hybridized carbons (Fsp3) is 1.00. The van der Waals surface area contributed by atoms with Crippen LogP contribution in [0.1, 0.15) is 6.92 Å². The van der Waals surface area contributed by atoms with E-state index in [2.05, 4.69) is 4.18 Å². The Kier molecular flexibility index (Phi) is 5.89. The van der Waals surface area contributed by atoms with Gasteiger partial charge in [-0.05, 0) is 6.92 Å². The summed E-state index contributed by atoms with van der Waals surface area (Å²) in [5.41, 5.74) is -6.02. The van der Waals surface area contributed by atoms with E-state index in [4.69, 9.17) is 0 Å². The third kappa shape index (κ3) is 3.68. The standard InChI is InChI=1S/C8H7F11O4S/c1-4(11,5(12,13)2-23-24(20,21)22)7(16,17)8(18,19)6(14,15)3(9)10/h3H,2H2,1H3,(H,20,21,22)/p-1. The second-order valence-corrected chi connectivity index (χ2v) is 5.50. The van der Waals surface area contributed by atoms with Crippen molar-refractivity contribution in [3.05, 3.63) is 0 Å². The smallest absolute Gasteiger partial charge is 0.381 e. The maximum Gasteiger partial charge on any atom is 0.381 e. The van der Waals surface area contributed by atoms with Crippen molar-refractivity contribution in [1.29, 1.82) is 0 Å². The number of hydrogen-bond acceptors (Lipinski definition) is 4. The van der Waals surface area contributed by atoms with E-state index in [9.17, 15) is 61.3 Å². The fourth-order valence-corrected chi connectivity index (χ4v) is 1.44. The van der Waals surface area contributed by atoms with Crippen molar-refractivity contribution in [3.8, 4) is 0 Å². The quantitative estimate of drug-likeness (QED) is 0.353. The molecule has 1 atom stereocenters. The van der Waals surface area contributed by atoms with E-state index in [0.29, 0.717) is 0 Å². The van der Waals surface area contributed by atoms with E-state index in [-0.39, 0.29) is 0 Å². The first-order valence-electron chi connectivity index (χ1n) is 5.23.